The summed E-state index contributed by atoms with van der Waals surface area (Å²) in [5, 5.41) is 14.8. The molecule has 88 valence electrons. The number of hydrogen-bond acceptors (Lipinski definition) is 5. The molecule has 0 atom stereocenters. The highest BCUT2D eigenvalue weighted by atomic mass is 16.6. The number of nitrogens with two attached hydrogens (primary N) is 1. The second-order valence-corrected chi connectivity index (χ2v) is 3.68. The number of hydrogen-bond donors (Lipinski definition) is 1. The average Bonchev–Trinajstić information content (AvgIpc) is 2.58. The summed E-state index contributed by atoms with van der Waals surface area (Å²) in [7, 11) is 1.68. The van der Waals surface area contributed by atoms with Crippen LogP contribution in [0.2, 0.25) is 0 Å². The molecule has 1 heterocycles. The van der Waals surface area contributed by atoms with Crippen LogP contribution in [-0.4, -0.2) is 19.7 Å². The van der Waals surface area contributed by atoms with Crippen molar-refractivity contribution in [1.82, 2.24) is 14.8 Å². The summed E-state index contributed by atoms with van der Waals surface area (Å²) in [6.45, 7) is 1.67. The maximum absolute atomic E-state index is 10.7. The number of nitro groups is 1. The van der Waals surface area contributed by atoms with E-state index in [1.165, 1.54) is 10.7 Å². The van der Waals surface area contributed by atoms with Crippen LogP contribution in [0.25, 0.3) is 11.4 Å². The zero-order valence-electron chi connectivity index (χ0n) is 9.41. The van der Waals surface area contributed by atoms with Crippen molar-refractivity contribution in [2.45, 2.75) is 6.92 Å². The van der Waals surface area contributed by atoms with Crippen LogP contribution in [0.1, 0.15) is 5.56 Å². The number of rotatable bonds is 2. The largest absolute Gasteiger partial charge is 0.368 e. The minimum absolute atomic E-state index is 0.0812. The second kappa shape index (κ2) is 3.85. The first kappa shape index (κ1) is 11.1. The Bertz CT molecular complexity index is 571. The van der Waals surface area contributed by atoms with Gasteiger partial charge in [-0.3, -0.25) is 10.1 Å². The Balaban J connectivity index is 2.47. The molecule has 1 aromatic carbocycles. The summed E-state index contributed by atoms with van der Waals surface area (Å²) >= 11 is 0. The van der Waals surface area contributed by atoms with Crippen LogP contribution < -0.4 is 5.73 Å². The maximum Gasteiger partial charge on any atom is 0.272 e. The van der Waals surface area contributed by atoms with E-state index in [-0.39, 0.29) is 5.69 Å². The molecule has 0 saturated carbocycles. The SMILES string of the molecule is Cc1cc(-c2nc(N)n(C)n2)ccc1[N+](=O)[O-]. The van der Waals surface area contributed by atoms with Crippen molar-refractivity contribution in [2.24, 2.45) is 7.05 Å². The number of nitrogens with zero attached hydrogens (tertiary/aromatic N) is 4. The average molecular weight is 233 g/mol. The third-order valence-electron chi connectivity index (χ3n) is 2.45. The fourth-order valence-electron chi connectivity index (χ4n) is 1.52. The summed E-state index contributed by atoms with van der Waals surface area (Å²) in [5.41, 5.74) is 6.93. The van der Waals surface area contributed by atoms with Crippen LogP contribution in [0.15, 0.2) is 18.2 Å². The molecular weight excluding hydrogens is 222 g/mol. The van der Waals surface area contributed by atoms with Crippen molar-refractivity contribution < 1.29 is 4.92 Å². The van der Waals surface area contributed by atoms with Gasteiger partial charge in [-0.25, -0.2) is 4.68 Å². The number of nitrogen functional groups attached to an aromatic ring is 1. The van der Waals surface area contributed by atoms with E-state index >= 15 is 0 Å². The highest BCUT2D eigenvalue weighted by Crippen LogP contribution is 2.24. The monoisotopic (exact) mass is 233 g/mol. The lowest BCUT2D eigenvalue weighted by Gasteiger charge is -1.99. The molecule has 0 unspecified atom stereocenters. The van der Waals surface area contributed by atoms with E-state index in [0.29, 0.717) is 22.9 Å². The van der Waals surface area contributed by atoms with Gasteiger partial charge in [0.15, 0.2) is 5.82 Å². The zero-order valence-corrected chi connectivity index (χ0v) is 9.41. The molecule has 0 aliphatic rings. The van der Waals surface area contributed by atoms with Gasteiger partial charge in [0.25, 0.3) is 5.69 Å². The number of nitro benzene ring substituents is 1. The fourth-order valence-corrected chi connectivity index (χ4v) is 1.52. The Labute approximate surface area is 97.0 Å². The molecule has 0 aliphatic heterocycles. The lowest BCUT2D eigenvalue weighted by atomic mass is 10.1. The Morgan fingerprint density at radius 2 is 2.18 bits per heavy atom. The third kappa shape index (κ3) is 1.94. The Kier molecular flexibility index (Phi) is 2.51. The Morgan fingerprint density at radius 3 is 2.65 bits per heavy atom. The first-order chi connectivity index (χ1) is 7.99. The molecule has 1 aromatic heterocycles. The van der Waals surface area contributed by atoms with Gasteiger partial charge in [-0.05, 0) is 19.1 Å². The molecule has 0 fully saturated rings. The number of aromatic nitrogens is 3. The predicted molar refractivity (Wildman–Crippen MR) is 62.2 cm³/mol. The van der Waals surface area contributed by atoms with E-state index < -0.39 is 4.92 Å². The van der Waals surface area contributed by atoms with Crippen LogP contribution in [0.4, 0.5) is 11.6 Å². The molecule has 7 heteroatoms. The highest BCUT2D eigenvalue weighted by molar-refractivity contribution is 5.60. The Hall–Kier alpha value is -2.44. The highest BCUT2D eigenvalue weighted by Gasteiger charge is 2.13. The van der Waals surface area contributed by atoms with Crippen molar-refractivity contribution >= 4 is 11.6 Å². The van der Waals surface area contributed by atoms with E-state index in [1.54, 1.807) is 26.1 Å². The van der Waals surface area contributed by atoms with Gasteiger partial charge in [0.2, 0.25) is 5.95 Å². The summed E-state index contributed by atoms with van der Waals surface area (Å²) in [6.07, 6.45) is 0. The molecule has 7 nitrogen and oxygen atoms in total. The molecule has 2 rings (SSSR count). The fraction of sp³-hybridized carbons (Fsp3) is 0.200. The minimum Gasteiger partial charge on any atom is -0.368 e. The summed E-state index contributed by atoms with van der Waals surface area (Å²) in [5.74, 6) is 0.763. The van der Waals surface area contributed by atoms with Gasteiger partial charge in [0.1, 0.15) is 0 Å². The molecule has 0 spiro atoms. The van der Waals surface area contributed by atoms with E-state index in [9.17, 15) is 10.1 Å². The standard InChI is InChI=1S/C10H11N5O2/c1-6-5-7(3-4-8(6)15(16)17)9-12-10(11)14(2)13-9/h3-5H,1-2H3,(H2,11,12,13). The normalized spacial score (nSPS) is 10.5. The third-order valence-corrected chi connectivity index (χ3v) is 2.45. The van der Waals surface area contributed by atoms with Crippen molar-refractivity contribution in [3.63, 3.8) is 0 Å². The van der Waals surface area contributed by atoms with Crippen molar-refractivity contribution in [3.8, 4) is 11.4 Å². The van der Waals surface area contributed by atoms with Crippen LogP contribution >= 0.6 is 0 Å². The lowest BCUT2D eigenvalue weighted by molar-refractivity contribution is -0.385. The van der Waals surface area contributed by atoms with E-state index in [4.69, 9.17) is 5.73 Å². The Morgan fingerprint density at radius 1 is 1.47 bits per heavy atom. The van der Waals surface area contributed by atoms with Crippen molar-refractivity contribution in [3.05, 3.63) is 33.9 Å². The van der Waals surface area contributed by atoms with Crippen molar-refractivity contribution in [1.29, 1.82) is 0 Å². The van der Waals surface area contributed by atoms with Gasteiger partial charge in [0, 0.05) is 24.2 Å². The summed E-state index contributed by atoms with van der Waals surface area (Å²) in [4.78, 5) is 14.3. The first-order valence-corrected chi connectivity index (χ1v) is 4.91. The van der Waals surface area contributed by atoms with Gasteiger partial charge < -0.3 is 5.73 Å². The predicted octanol–water partition coefficient (Wildman–Crippen LogP) is 1.28. The van der Waals surface area contributed by atoms with Crippen molar-refractivity contribution in [2.75, 3.05) is 5.73 Å². The molecule has 0 aliphatic carbocycles. The van der Waals surface area contributed by atoms with Crippen LogP contribution in [-0.2, 0) is 7.05 Å². The van der Waals surface area contributed by atoms with Gasteiger partial charge in [-0.2, -0.15) is 4.98 Å². The maximum atomic E-state index is 10.7. The topological polar surface area (TPSA) is 99.9 Å². The van der Waals surface area contributed by atoms with Gasteiger partial charge in [0.05, 0.1) is 4.92 Å². The first-order valence-electron chi connectivity index (χ1n) is 4.91. The number of benzene rings is 1. The molecule has 0 saturated heterocycles. The molecule has 2 N–H and O–H groups in total. The minimum atomic E-state index is -0.417. The number of aryl methyl sites for hydroxylation is 2. The van der Waals surface area contributed by atoms with E-state index in [2.05, 4.69) is 10.1 Å². The van der Waals surface area contributed by atoms with Crippen LogP contribution in [0.3, 0.4) is 0 Å². The van der Waals surface area contributed by atoms with Gasteiger partial charge in [-0.1, -0.05) is 0 Å². The summed E-state index contributed by atoms with van der Waals surface area (Å²) < 4.78 is 1.45. The van der Waals surface area contributed by atoms with E-state index in [0.717, 1.165) is 0 Å². The van der Waals surface area contributed by atoms with E-state index in [1.807, 2.05) is 0 Å². The molecule has 0 bridgehead atoms. The molecule has 0 radical (unpaired) electrons. The lowest BCUT2D eigenvalue weighted by Crippen LogP contribution is -1.97. The molecule has 2 aromatic rings. The van der Waals surface area contributed by atoms with Gasteiger partial charge >= 0.3 is 0 Å². The summed E-state index contributed by atoms with van der Waals surface area (Å²) in [6, 6.07) is 4.73. The smallest absolute Gasteiger partial charge is 0.272 e. The van der Waals surface area contributed by atoms with Gasteiger partial charge in [-0.15, -0.1) is 5.10 Å². The molecule has 0 amide bonds. The quantitative estimate of drug-likeness (QED) is 0.622. The van der Waals surface area contributed by atoms with Crippen LogP contribution in [0, 0.1) is 17.0 Å². The van der Waals surface area contributed by atoms with Crippen LogP contribution in [0.5, 0.6) is 0 Å². The molecule has 17 heavy (non-hydrogen) atoms. The number of anilines is 1. The second-order valence-electron chi connectivity index (χ2n) is 3.68. The zero-order chi connectivity index (χ0) is 12.6. The molecular formula is C10H11N5O2.